The first-order chi connectivity index (χ1) is 9.60. The van der Waals surface area contributed by atoms with Gasteiger partial charge < -0.3 is 0 Å². The van der Waals surface area contributed by atoms with Crippen molar-refractivity contribution < 1.29 is 8.42 Å². The number of aromatic amines is 1. The lowest BCUT2D eigenvalue weighted by atomic mass is 10.2. The van der Waals surface area contributed by atoms with Crippen LogP contribution in [0.2, 0.25) is 0 Å². The van der Waals surface area contributed by atoms with Crippen molar-refractivity contribution in [3.05, 3.63) is 41.3 Å². The van der Waals surface area contributed by atoms with E-state index in [-0.39, 0.29) is 10.0 Å². The first-order valence-corrected chi connectivity index (χ1v) is 7.86. The molecule has 0 spiro atoms. The highest BCUT2D eigenvalue weighted by molar-refractivity contribution is 7.94. The van der Waals surface area contributed by atoms with Crippen molar-refractivity contribution in [2.24, 2.45) is 0 Å². The molecule has 1 aromatic carbocycles. The van der Waals surface area contributed by atoms with Gasteiger partial charge in [-0.15, -0.1) is 11.3 Å². The fourth-order valence-corrected chi connectivity index (χ4v) is 3.87. The third kappa shape index (κ3) is 2.13. The Hall–Kier alpha value is -2.37. The monoisotopic (exact) mass is 304 g/mol. The van der Waals surface area contributed by atoms with Crippen molar-refractivity contribution in [3.63, 3.8) is 0 Å². The average molecular weight is 304 g/mol. The normalized spacial score (nSPS) is 11.3. The van der Waals surface area contributed by atoms with Gasteiger partial charge in [-0.25, -0.2) is 8.42 Å². The summed E-state index contributed by atoms with van der Waals surface area (Å²) in [5, 5.41) is 16.1. The summed E-state index contributed by atoms with van der Waals surface area (Å²) in [6, 6.07) is 12.0. The van der Waals surface area contributed by atoms with Crippen LogP contribution in [0.15, 0.2) is 40.6 Å². The largest absolute Gasteiger partial charge is 0.276 e. The van der Waals surface area contributed by atoms with E-state index in [1.54, 1.807) is 18.2 Å². The molecule has 3 aromatic rings. The van der Waals surface area contributed by atoms with Gasteiger partial charge in [0.1, 0.15) is 15.2 Å². The molecule has 20 heavy (non-hydrogen) atoms. The average Bonchev–Trinajstić information content (AvgIpc) is 3.06. The minimum absolute atomic E-state index is 0.0844. The topological polar surface area (TPSA) is 98.6 Å². The van der Waals surface area contributed by atoms with Crippen LogP contribution in [0.5, 0.6) is 0 Å². The van der Waals surface area contributed by atoms with E-state index in [0.717, 1.165) is 16.9 Å². The zero-order chi connectivity index (χ0) is 14.2. The number of nitriles is 1. The van der Waals surface area contributed by atoms with Gasteiger partial charge in [-0.3, -0.25) is 9.82 Å². The molecular weight excluding hydrogens is 296 g/mol. The molecule has 2 heterocycles. The van der Waals surface area contributed by atoms with E-state index in [0.29, 0.717) is 10.3 Å². The van der Waals surface area contributed by atoms with Gasteiger partial charge in [0.25, 0.3) is 10.0 Å². The third-order valence-electron chi connectivity index (χ3n) is 2.66. The molecule has 0 atom stereocenters. The number of nitrogens with zero attached hydrogens (tertiary/aromatic N) is 2. The first kappa shape index (κ1) is 12.7. The molecular formula is C12H8N4O2S2. The third-order valence-corrected chi connectivity index (χ3v) is 5.48. The Labute approximate surface area is 118 Å². The lowest BCUT2D eigenvalue weighted by molar-refractivity contribution is 0.603. The van der Waals surface area contributed by atoms with Gasteiger partial charge in [0, 0.05) is 5.39 Å². The summed E-state index contributed by atoms with van der Waals surface area (Å²) in [6.07, 6.45) is 0. The molecule has 3 rings (SSSR count). The van der Waals surface area contributed by atoms with Gasteiger partial charge in [0.15, 0.2) is 5.82 Å². The Morgan fingerprint density at radius 1 is 1.25 bits per heavy atom. The van der Waals surface area contributed by atoms with E-state index in [4.69, 9.17) is 5.26 Å². The van der Waals surface area contributed by atoms with Gasteiger partial charge in [0.2, 0.25) is 0 Å². The smallest absolute Gasteiger partial charge is 0.272 e. The first-order valence-electron chi connectivity index (χ1n) is 5.56. The maximum atomic E-state index is 12.2. The highest BCUT2D eigenvalue weighted by Crippen LogP contribution is 2.26. The number of aromatic nitrogens is 2. The van der Waals surface area contributed by atoms with Crippen molar-refractivity contribution in [2.45, 2.75) is 4.21 Å². The Kier molecular flexibility index (Phi) is 2.93. The van der Waals surface area contributed by atoms with Crippen LogP contribution in [-0.2, 0) is 10.0 Å². The van der Waals surface area contributed by atoms with Gasteiger partial charge in [0.05, 0.1) is 5.52 Å². The second-order valence-electron chi connectivity index (χ2n) is 3.95. The molecule has 2 N–H and O–H groups in total. The lowest BCUT2D eigenvalue weighted by Crippen LogP contribution is -2.11. The maximum absolute atomic E-state index is 12.2. The number of benzene rings is 1. The summed E-state index contributed by atoms with van der Waals surface area (Å²) in [7, 11) is -3.73. The van der Waals surface area contributed by atoms with Crippen molar-refractivity contribution in [2.75, 3.05) is 4.72 Å². The van der Waals surface area contributed by atoms with Gasteiger partial charge >= 0.3 is 0 Å². The minimum atomic E-state index is -3.73. The van der Waals surface area contributed by atoms with Crippen LogP contribution in [0.3, 0.4) is 0 Å². The second kappa shape index (κ2) is 4.63. The molecule has 6 nitrogen and oxygen atoms in total. The highest BCUT2D eigenvalue weighted by Gasteiger charge is 2.19. The Morgan fingerprint density at radius 2 is 2.05 bits per heavy atom. The molecule has 0 aliphatic carbocycles. The van der Waals surface area contributed by atoms with E-state index >= 15 is 0 Å². The van der Waals surface area contributed by atoms with Crippen LogP contribution in [0, 0.1) is 11.3 Å². The number of nitrogens with one attached hydrogen (secondary N) is 2. The summed E-state index contributed by atoms with van der Waals surface area (Å²) in [5.74, 6) is 0.243. The van der Waals surface area contributed by atoms with Gasteiger partial charge in [-0.2, -0.15) is 10.4 Å². The molecule has 8 heteroatoms. The van der Waals surface area contributed by atoms with Gasteiger partial charge in [-0.1, -0.05) is 12.1 Å². The van der Waals surface area contributed by atoms with Crippen LogP contribution in [0.1, 0.15) is 4.88 Å². The molecule has 0 fully saturated rings. The molecule has 0 amide bonds. The number of H-pyrrole nitrogens is 1. The van der Waals surface area contributed by atoms with Crippen molar-refractivity contribution >= 4 is 38.1 Å². The van der Waals surface area contributed by atoms with E-state index in [9.17, 15) is 8.42 Å². The summed E-state index contributed by atoms with van der Waals surface area (Å²) < 4.78 is 26.9. The molecule has 0 unspecified atom stereocenters. The fraction of sp³-hybridized carbons (Fsp3) is 0. The summed E-state index contributed by atoms with van der Waals surface area (Å²) in [6.45, 7) is 0. The van der Waals surface area contributed by atoms with Crippen LogP contribution in [0.4, 0.5) is 5.82 Å². The van der Waals surface area contributed by atoms with E-state index in [2.05, 4.69) is 14.9 Å². The van der Waals surface area contributed by atoms with Crippen molar-refractivity contribution in [1.29, 1.82) is 5.26 Å². The number of rotatable bonds is 3. The molecule has 0 aliphatic rings. The molecule has 2 aromatic heterocycles. The molecule has 100 valence electrons. The lowest BCUT2D eigenvalue weighted by Gasteiger charge is -2.02. The fourth-order valence-electron chi connectivity index (χ4n) is 1.74. The van der Waals surface area contributed by atoms with Crippen LogP contribution >= 0.6 is 11.3 Å². The van der Waals surface area contributed by atoms with Crippen LogP contribution in [0.25, 0.3) is 10.9 Å². The zero-order valence-corrected chi connectivity index (χ0v) is 11.6. The summed E-state index contributed by atoms with van der Waals surface area (Å²) in [5.41, 5.74) is 0.745. The Bertz CT molecular complexity index is 918. The Balaban J connectivity index is 1.99. The SMILES string of the molecule is N#Cc1ccc(S(=O)(=O)Nc2n[nH]c3ccccc23)s1. The number of anilines is 1. The second-order valence-corrected chi connectivity index (χ2v) is 6.95. The number of thiophene rings is 1. The maximum Gasteiger partial charge on any atom is 0.272 e. The zero-order valence-electron chi connectivity index (χ0n) is 9.99. The number of fused-ring (bicyclic) bond motifs is 1. The van der Waals surface area contributed by atoms with E-state index in [1.165, 1.54) is 12.1 Å². The van der Waals surface area contributed by atoms with Gasteiger partial charge in [-0.05, 0) is 24.3 Å². The van der Waals surface area contributed by atoms with Crippen LogP contribution in [-0.4, -0.2) is 18.6 Å². The number of hydrogen-bond donors (Lipinski definition) is 2. The van der Waals surface area contributed by atoms with E-state index < -0.39 is 10.0 Å². The number of sulfonamides is 1. The molecule has 0 saturated heterocycles. The number of hydrogen-bond acceptors (Lipinski definition) is 5. The van der Waals surface area contributed by atoms with Crippen molar-refractivity contribution in [3.8, 4) is 6.07 Å². The summed E-state index contributed by atoms with van der Waals surface area (Å²) >= 11 is 0.918. The van der Waals surface area contributed by atoms with Crippen LogP contribution < -0.4 is 4.72 Å². The Morgan fingerprint density at radius 3 is 2.80 bits per heavy atom. The number of para-hydroxylation sites is 1. The minimum Gasteiger partial charge on any atom is -0.276 e. The molecule has 0 saturated carbocycles. The molecule has 0 bridgehead atoms. The van der Waals surface area contributed by atoms with E-state index in [1.807, 2.05) is 12.1 Å². The van der Waals surface area contributed by atoms with Crippen molar-refractivity contribution in [1.82, 2.24) is 10.2 Å². The quantitative estimate of drug-likeness (QED) is 0.775. The summed E-state index contributed by atoms with van der Waals surface area (Å²) in [4.78, 5) is 0.345. The molecule has 0 radical (unpaired) electrons. The molecule has 0 aliphatic heterocycles. The predicted octanol–water partition coefficient (Wildman–Crippen LogP) is 2.30. The predicted molar refractivity (Wildman–Crippen MR) is 75.9 cm³/mol. The highest BCUT2D eigenvalue weighted by atomic mass is 32.2. The standard InChI is InChI=1S/C12H8N4O2S2/c13-7-8-5-6-11(19-8)20(17,18)16-12-9-3-1-2-4-10(9)14-15-12/h1-6H,(H2,14,15,16).